The van der Waals surface area contributed by atoms with Crippen LogP contribution in [0, 0.1) is 18.7 Å². The van der Waals surface area contributed by atoms with E-state index >= 15 is 0 Å². The maximum atomic E-state index is 14.8. The SMILES string of the molecule is CC(=O)c1ccc(C2CC(c3cc(C(=O)CC(C)C)cc(-c4ccc(C)cc4F)c3)=NO2)nc1. The summed E-state index contributed by atoms with van der Waals surface area (Å²) >= 11 is 0. The first-order valence-electron chi connectivity index (χ1n) is 11.4. The summed E-state index contributed by atoms with van der Waals surface area (Å²) in [4.78, 5) is 34.4. The molecular weight excluding hydrogens is 431 g/mol. The number of benzene rings is 2. The number of halogens is 1. The number of hydrogen-bond donors (Lipinski definition) is 0. The number of oxime groups is 1. The zero-order chi connectivity index (χ0) is 24.4. The second-order valence-corrected chi connectivity index (χ2v) is 9.17. The molecule has 0 amide bonds. The molecule has 1 atom stereocenters. The van der Waals surface area contributed by atoms with Crippen LogP contribution < -0.4 is 0 Å². The van der Waals surface area contributed by atoms with Crippen LogP contribution in [0.2, 0.25) is 0 Å². The third-order valence-electron chi connectivity index (χ3n) is 5.81. The average molecular weight is 459 g/mol. The topological polar surface area (TPSA) is 68.6 Å². The predicted octanol–water partition coefficient (Wildman–Crippen LogP) is 6.49. The van der Waals surface area contributed by atoms with E-state index in [1.165, 1.54) is 19.2 Å². The molecule has 0 fully saturated rings. The molecule has 1 unspecified atom stereocenters. The number of aromatic nitrogens is 1. The Balaban J connectivity index is 1.68. The number of ketones is 2. The Morgan fingerprint density at radius 1 is 1.06 bits per heavy atom. The van der Waals surface area contributed by atoms with Gasteiger partial charge < -0.3 is 4.84 Å². The summed E-state index contributed by atoms with van der Waals surface area (Å²) in [6.45, 7) is 7.31. The molecule has 0 spiro atoms. The molecule has 4 rings (SSSR count). The number of rotatable bonds is 7. The van der Waals surface area contributed by atoms with E-state index in [0.29, 0.717) is 52.1 Å². The summed E-state index contributed by atoms with van der Waals surface area (Å²) in [5.74, 6) is -0.182. The molecule has 1 aliphatic rings. The minimum Gasteiger partial charge on any atom is -0.385 e. The van der Waals surface area contributed by atoms with Crippen LogP contribution in [0.5, 0.6) is 0 Å². The zero-order valence-electron chi connectivity index (χ0n) is 19.8. The quantitative estimate of drug-likeness (QED) is 0.379. The van der Waals surface area contributed by atoms with E-state index in [2.05, 4.69) is 10.1 Å². The Morgan fingerprint density at radius 2 is 1.82 bits per heavy atom. The highest BCUT2D eigenvalue weighted by Crippen LogP contribution is 2.32. The van der Waals surface area contributed by atoms with Crippen LogP contribution in [0.3, 0.4) is 0 Å². The minimum absolute atomic E-state index is 0.00294. The standard InChI is InChI=1S/C28H27FN2O3/c1-16(2)9-27(33)22-12-20(23-7-5-17(3)10-24(23)29)11-21(13-22)26-14-28(34-31-26)25-8-6-19(15-30-25)18(4)32/h5-8,10-13,15-16,28H,9,14H2,1-4H3. The normalized spacial score (nSPS) is 15.2. The molecule has 0 bridgehead atoms. The summed E-state index contributed by atoms with van der Waals surface area (Å²) < 4.78 is 14.8. The van der Waals surface area contributed by atoms with Gasteiger partial charge in [-0.1, -0.05) is 31.1 Å². The number of aryl methyl sites for hydroxylation is 1. The fourth-order valence-electron chi connectivity index (χ4n) is 3.96. The molecule has 34 heavy (non-hydrogen) atoms. The largest absolute Gasteiger partial charge is 0.385 e. The first-order chi connectivity index (χ1) is 16.2. The van der Waals surface area contributed by atoms with Crippen LogP contribution in [0.15, 0.2) is 59.9 Å². The summed E-state index contributed by atoms with van der Waals surface area (Å²) in [7, 11) is 0. The smallest absolute Gasteiger partial charge is 0.174 e. The third-order valence-corrected chi connectivity index (χ3v) is 5.81. The van der Waals surface area contributed by atoms with Crippen LogP contribution in [0.4, 0.5) is 4.39 Å². The van der Waals surface area contributed by atoms with E-state index in [0.717, 1.165) is 5.56 Å². The Labute approximate surface area is 198 Å². The highest BCUT2D eigenvalue weighted by molar-refractivity contribution is 6.06. The lowest BCUT2D eigenvalue weighted by atomic mass is 9.92. The van der Waals surface area contributed by atoms with Crippen molar-refractivity contribution in [1.29, 1.82) is 0 Å². The summed E-state index contributed by atoms with van der Waals surface area (Å²) in [5.41, 5.74) is 4.98. The summed E-state index contributed by atoms with van der Waals surface area (Å²) in [5, 5.41) is 4.26. The fourth-order valence-corrected chi connectivity index (χ4v) is 3.96. The number of carbonyl (C=O) groups excluding carboxylic acids is 2. The van der Waals surface area contributed by atoms with E-state index < -0.39 is 6.10 Å². The van der Waals surface area contributed by atoms with E-state index in [9.17, 15) is 14.0 Å². The molecule has 0 saturated carbocycles. The molecule has 3 aromatic rings. The summed E-state index contributed by atoms with van der Waals surface area (Å²) in [6.07, 6.45) is 1.98. The van der Waals surface area contributed by atoms with Crippen LogP contribution in [-0.4, -0.2) is 22.3 Å². The highest BCUT2D eigenvalue weighted by atomic mass is 19.1. The van der Waals surface area contributed by atoms with Crippen LogP contribution in [0.1, 0.15) is 77.3 Å². The molecule has 0 saturated heterocycles. The van der Waals surface area contributed by atoms with Gasteiger partial charge in [0.25, 0.3) is 0 Å². The van der Waals surface area contributed by atoms with Crippen molar-refractivity contribution in [2.75, 3.05) is 0 Å². The number of Topliss-reactive ketones (excluding diaryl/α,β-unsaturated/α-hetero) is 2. The molecule has 1 aliphatic heterocycles. The molecule has 0 N–H and O–H groups in total. The first kappa shape index (κ1) is 23.5. The number of hydrogen-bond acceptors (Lipinski definition) is 5. The Morgan fingerprint density at radius 3 is 2.47 bits per heavy atom. The van der Waals surface area contributed by atoms with Crippen molar-refractivity contribution in [3.8, 4) is 11.1 Å². The van der Waals surface area contributed by atoms with Gasteiger partial charge >= 0.3 is 0 Å². The van der Waals surface area contributed by atoms with Gasteiger partial charge in [-0.25, -0.2) is 4.39 Å². The van der Waals surface area contributed by atoms with Crippen molar-refractivity contribution in [1.82, 2.24) is 4.98 Å². The second kappa shape index (κ2) is 9.67. The van der Waals surface area contributed by atoms with E-state index in [-0.39, 0.29) is 23.3 Å². The van der Waals surface area contributed by atoms with Crippen LogP contribution in [0.25, 0.3) is 11.1 Å². The van der Waals surface area contributed by atoms with Gasteiger partial charge in [-0.05, 0) is 67.3 Å². The molecule has 0 radical (unpaired) electrons. The predicted molar refractivity (Wildman–Crippen MR) is 130 cm³/mol. The molecule has 174 valence electrons. The molecule has 2 heterocycles. The van der Waals surface area contributed by atoms with Gasteiger partial charge in [-0.15, -0.1) is 0 Å². The highest BCUT2D eigenvalue weighted by Gasteiger charge is 2.26. The average Bonchev–Trinajstić information content (AvgIpc) is 3.29. The van der Waals surface area contributed by atoms with Crippen molar-refractivity contribution < 1.29 is 18.8 Å². The second-order valence-electron chi connectivity index (χ2n) is 9.17. The van der Waals surface area contributed by atoms with Gasteiger partial charge in [0, 0.05) is 41.3 Å². The van der Waals surface area contributed by atoms with Gasteiger partial charge in [0.05, 0.1) is 11.4 Å². The molecule has 6 heteroatoms. The lowest BCUT2D eigenvalue weighted by Gasteiger charge is -2.12. The van der Waals surface area contributed by atoms with E-state index in [4.69, 9.17) is 4.84 Å². The van der Waals surface area contributed by atoms with Crippen molar-refractivity contribution in [2.24, 2.45) is 11.1 Å². The third kappa shape index (κ3) is 5.11. The van der Waals surface area contributed by atoms with Gasteiger partial charge in [0.1, 0.15) is 5.82 Å². The maximum Gasteiger partial charge on any atom is 0.174 e. The van der Waals surface area contributed by atoms with Crippen molar-refractivity contribution in [2.45, 2.75) is 46.6 Å². The Hall–Kier alpha value is -3.67. The first-order valence-corrected chi connectivity index (χ1v) is 11.4. The summed E-state index contributed by atoms with van der Waals surface area (Å²) in [6, 6.07) is 13.9. The van der Waals surface area contributed by atoms with Crippen molar-refractivity contribution in [3.05, 3.63) is 88.5 Å². The monoisotopic (exact) mass is 458 g/mol. The van der Waals surface area contributed by atoms with Crippen LogP contribution in [-0.2, 0) is 4.84 Å². The zero-order valence-corrected chi connectivity index (χ0v) is 19.8. The van der Waals surface area contributed by atoms with Crippen molar-refractivity contribution in [3.63, 3.8) is 0 Å². The molecule has 2 aromatic carbocycles. The Kier molecular flexibility index (Phi) is 6.68. The molecule has 1 aromatic heterocycles. The maximum absolute atomic E-state index is 14.8. The van der Waals surface area contributed by atoms with Crippen LogP contribution >= 0.6 is 0 Å². The minimum atomic E-state index is -0.398. The van der Waals surface area contributed by atoms with Gasteiger partial charge in [0.2, 0.25) is 0 Å². The number of pyridine rings is 1. The number of carbonyl (C=O) groups is 2. The van der Waals surface area contributed by atoms with Crippen molar-refractivity contribution >= 4 is 17.3 Å². The number of nitrogens with zero attached hydrogens (tertiary/aromatic N) is 2. The molecular formula is C28H27FN2O3. The Bertz CT molecular complexity index is 1280. The van der Waals surface area contributed by atoms with E-state index in [1.54, 1.807) is 30.3 Å². The van der Waals surface area contributed by atoms with Gasteiger partial charge in [-0.2, -0.15) is 0 Å². The molecule has 5 nitrogen and oxygen atoms in total. The molecule has 0 aliphatic carbocycles. The van der Waals surface area contributed by atoms with Gasteiger partial charge in [0.15, 0.2) is 17.7 Å². The van der Waals surface area contributed by atoms with Gasteiger partial charge in [-0.3, -0.25) is 14.6 Å². The fraction of sp³-hybridized carbons (Fsp3) is 0.286. The lowest BCUT2D eigenvalue weighted by Crippen LogP contribution is -2.08. The van der Waals surface area contributed by atoms with E-state index in [1.807, 2.05) is 32.9 Å². The lowest BCUT2D eigenvalue weighted by molar-refractivity contribution is 0.0824.